The number of rotatable bonds is 4. The van der Waals surface area contributed by atoms with E-state index in [-0.39, 0.29) is 5.91 Å². The van der Waals surface area contributed by atoms with E-state index >= 15 is 4.48 Å². The number of fused-ring (bicyclic) bond motifs is 1. The van der Waals surface area contributed by atoms with E-state index in [2.05, 4.69) is 36.1 Å². The van der Waals surface area contributed by atoms with Gasteiger partial charge in [0.1, 0.15) is 0 Å². The van der Waals surface area contributed by atoms with E-state index in [1.54, 1.807) is 0 Å². The lowest BCUT2D eigenvalue weighted by Crippen LogP contribution is -2.38. The Morgan fingerprint density at radius 1 is 1.00 bits per heavy atom. The number of halogens is 1. The summed E-state index contributed by atoms with van der Waals surface area (Å²) in [4.78, 5) is 23.7. The van der Waals surface area contributed by atoms with Crippen LogP contribution in [0, 0.1) is 19.3 Å². The fourth-order valence-electron chi connectivity index (χ4n) is 6.44. The molecule has 1 aliphatic carbocycles. The van der Waals surface area contributed by atoms with Crippen molar-refractivity contribution in [3.05, 3.63) is 75.6 Å². The normalized spacial score (nSPS) is 18.8. The van der Waals surface area contributed by atoms with Crippen LogP contribution < -0.4 is 0 Å². The number of piperidine rings is 1. The molecule has 6 rings (SSSR count). The van der Waals surface area contributed by atoms with E-state index in [0.717, 1.165) is 77.9 Å². The number of aromatic nitrogens is 2. The minimum absolute atomic E-state index is 0.0372. The Hall–Kier alpha value is -3.43. The van der Waals surface area contributed by atoms with Crippen LogP contribution in [-0.2, 0) is 12.8 Å². The topological polar surface area (TPSA) is 41.4 Å². The zero-order chi connectivity index (χ0) is 27.1. The lowest BCUT2D eigenvalue weighted by Gasteiger charge is -2.33. The molecule has 39 heavy (non-hydrogen) atoms. The molecule has 1 saturated carbocycles. The largest absolute Gasteiger partial charge is 0.339 e. The molecule has 202 valence electrons. The maximum Gasteiger partial charge on any atom is 0.254 e. The van der Waals surface area contributed by atoms with Gasteiger partial charge in [-0.2, -0.15) is 4.79 Å². The van der Waals surface area contributed by atoms with Crippen molar-refractivity contribution in [3.8, 4) is 23.7 Å². The summed E-state index contributed by atoms with van der Waals surface area (Å²) < 4.78 is 15.8. The Morgan fingerprint density at radius 2 is 1.72 bits per heavy atom. The van der Waals surface area contributed by atoms with Crippen LogP contribution in [0.1, 0.15) is 87.9 Å². The maximum absolute atomic E-state index is 15.8. The number of imidazole rings is 1. The first-order chi connectivity index (χ1) is 18.9. The predicted molar refractivity (Wildman–Crippen MR) is 153 cm³/mol. The number of terminal acetylenes is 1. The second kappa shape index (κ2) is 10.6. The second-order valence-corrected chi connectivity index (χ2v) is 11.6. The van der Waals surface area contributed by atoms with Crippen molar-refractivity contribution in [1.82, 2.24) is 19.6 Å². The number of aryl methyl sites for hydroxylation is 1. The number of likely N-dealkylation sites (tertiary alicyclic amines) is 1. The van der Waals surface area contributed by atoms with E-state index in [9.17, 15) is 4.79 Å². The zero-order valence-electron chi connectivity index (χ0n) is 23.0. The van der Waals surface area contributed by atoms with Crippen molar-refractivity contribution in [1.29, 1.82) is 0 Å². The van der Waals surface area contributed by atoms with Gasteiger partial charge in [0.2, 0.25) is 0 Å². The van der Waals surface area contributed by atoms with Crippen molar-refractivity contribution in [2.75, 3.05) is 33.2 Å². The minimum Gasteiger partial charge on any atom is -0.339 e. The van der Waals surface area contributed by atoms with Crippen molar-refractivity contribution < 1.29 is 9.28 Å². The maximum atomic E-state index is 15.8. The lowest BCUT2D eigenvalue weighted by atomic mass is 9.77. The third-order valence-corrected chi connectivity index (χ3v) is 9.20. The Balaban J connectivity index is 1.28. The number of carbonyl (C=O) groups excluding carboxylic acids is 1. The molecule has 2 aromatic carbocycles. The number of nitrogens with zero attached hydrogens (tertiary/aromatic N) is 4. The Labute approximate surface area is 231 Å². The standard InChI is InChI=1S/C33H37FN4O/c1-4-23-8-10-24(11-9-23)25-12-18-37(19-13-25)33(39)27-21-29(28(20-22(27)2)26-6-5-7-26)32-35-30-14-16-36(3)17-15-31(30)38(32)34/h1,8-11,20-21,25-26H,5-7,12-19H2,2-3H3. The lowest BCUT2D eigenvalue weighted by molar-refractivity contribution is 0.0712. The third kappa shape index (κ3) is 4.89. The number of hydrogen-bond donors (Lipinski definition) is 0. The van der Waals surface area contributed by atoms with E-state index in [4.69, 9.17) is 11.4 Å². The smallest absolute Gasteiger partial charge is 0.254 e. The SMILES string of the molecule is C#Cc1ccc(C2CCN(C(=O)c3cc(-c4nc5c(n4F)CCN(C)CC5)c(C4CCC4)cc3C)CC2)cc1. The molecular formula is C33H37FN4O. The van der Waals surface area contributed by atoms with Gasteiger partial charge in [0.25, 0.3) is 5.91 Å². The molecule has 0 unspecified atom stereocenters. The van der Waals surface area contributed by atoms with Crippen LogP contribution in [0.3, 0.4) is 0 Å². The summed E-state index contributed by atoms with van der Waals surface area (Å²) in [7, 11) is 2.07. The summed E-state index contributed by atoms with van der Waals surface area (Å²) in [5.41, 5.74) is 7.27. The molecule has 0 radical (unpaired) electrons. The van der Waals surface area contributed by atoms with Crippen molar-refractivity contribution in [2.24, 2.45) is 0 Å². The van der Waals surface area contributed by atoms with Gasteiger partial charge in [0.05, 0.1) is 11.4 Å². The molecule has 2 fully saturated rings. The minimum atomic E-state index is 0.0372. The molecule has 0 spiro atoms. The van der Waals surface area contributed by atoms with Crippen molar-refractivity contribution in [2.45, 2.75) is 63.7 Å². The molecule has 3 aromatic rings. The monoisotopic (exact) mass is 524 g/mol. The number of benzene rings is 2. The molecule has 6 heteroatoms. The first-order valence-corrected chi connectivity index (χ1v) is 14.4. The van der Waals surface area contributed by atoms with Gasteiger partial charge in [-0.15, -0.1) is 6.42 Å². The van der Waals surface area contributed by atoms with Gasteiger partial charge in [-0.05, 0) is 86.4 Å². The fraction of sp³-hybridized carbons (Fsp3) is 0.455. The average molecular weight is 525 g/mol. The summed E-state index contributed by atoms with van der Waals surface area (Å²) in [6, 6.07) is 12.3. The molecule has 3 aliphatic rings. The summed E-state index contributed by atoms with van der Waals surface area (Å²) in [6.45, 7) is 5.13. The molecule has 1 aromatic heterocycles. The van der Waals surface area contributed by atoms with Gasteiger partial charge in [0, 0.05) is 55.7 Å². The van der Waals surface area contributed by atoms with Gasteiger partial charge < -0.3 is 9.80 Å². The molecule has 0 bridgehead atoms. The van der Waals surface area contributed by atoms with Gasteiger partial charge in [-0.3, -0.25) is 4.79 Å². The zero-order valence-corrected chi connectivity index (χ0v) is 23.0. The second-order valence-electron chi connectivity index (χ2n) is 11.6. The molecule has 3 heterocycles. The first-order valence-electron chi connectivity index (χ1n) is 14.4. The van der Waals surface area contributed by atoms with Crippen LogP contribution in [-0.4, -0.2) is 58.7 Å². The van der Waals surface area contributed by atoms with Crippen molar-refractivity contribution in [3.63, 3.8) is 0 Å². The van der Waals surface area contributed by atoms with Crippen LogP contribution in [0.25, 0.3) is 11.4 Å². The van der Waals surface area contributed by atoms with Gasteiger partial charge in [-0.1, -0.05) is 35.0 Å². The number of hydrogen-bond acceptors (Lipinski definition) is 3. The predicted octanol–water partition coefficient (Wildman–Crippen LogP) is 5.89. The van der Waals surface area contributed by atoms with Gasteiger partial charge >= 0.3 is 0 Å². The number of likely N-dealkylation sites (N-methyl/N-ethyl adjacent to an activating group) is 1. The van der Waals surface area contributed by atoms with Crippen LogP contribution >= 0.6 is 0 Å². The first kappa shape index (κ1) is 25.8. The highest BCUT2D eigenvalue weighted by molar-refractivity contribution is 5.97. The highest BCUT2D eigenvalue weighted by Gasteiger charge is 2.31. The van der Waals surface area contributed by atoms with Gasteiger partial charge in [-0.25, -0.2) is 4.98 Å². The molecule has 1 saturated heterocycles. The molecular weight excluding hydrogens is 487 g/mol. The summed E-state index contributed by atoms with van der Waals surface area (Å²) in [5, 5.41) is 0. The summed E-state index contributed by atoms with van der Waals surface area (Å²) in [5.74, 6) is 3.91. The highest BCUT2D eigenvalue weighted by atomic mass is 19.2. The molecule has 1 amide bonds. The molecule has 0 N–H and O–H groups in total. The van der Waals surface area contributed by atoms with Crippen LogP contribution in [0.5, 0.6) is 0 Å². The van der Waals surface area contributed by atoms with E-state index in [1.807, 2.05) is 30.0 Å². The summed E-state index contributed by atoms with van der Waals surface area (Å²) in [6.07, 6.45) is 12.1. The fourth-order valence-corrected chi connectivity index (χ4v) is 6.44. The van der Waals surface area contributed by atoms with E-state index < -0.39 is 0 Å². The average Bonchev–Trinajstić information content (AvgIpc) is 3.11. The van der Waals surface area contributed by atoms with E-state index in [0.29, 0.717) is 48.4 Å². The van der Waals surface area contributed by atoms with Crippen LogP contribution in [0.15, 0.2) is 36.4 Å². The van der Waals surface area contributed by atoms with E-state index in [1.165, 1.54) is 12.0 Å². The Bertz CT molecular complexity index is 1420. The Morgan fingerprint density at radius 3 is 2.38 bits per heavy atom. The van der Waals surface area contributed by atoms with Crippen LogP contribution in [0.2, 0.25) is 0 Å². The summed E-state index contributed by atoms with van der Waals surface area (Å²) >= 11 is 0. The van der Waals surface area contributed by atoms with Gasteiger partial charge in [0.15, 0.2) is 5.82 Å². The number of carbonyl (C=O) groups is 1. The van der Waals surface area contributed by atoms with Crippen LogP contribution in [0.4, 0.5) is 4.48 Å². The number of amides is 1. The quantitative estimate of drug-likeness (QED) is 0.400. The Kier molecular flexibility index (Phi) is 7.03. The van der Waals surface area contributed by atoms with Crippen molar-refractivity contribution >= 4 is 5.91 Å². The molecule has 5 nitrogen and oxygen atoms in total. The highest BCUT2D eigenvalue weighted by Crippen LogP contribution is 2.43. The molecule has 2 aliphatic heterocycles. The molecule has 0 atom stereocenters. The third-order valence-electron chi connectivity index (χ3n) is 9.20.